The highest BCUT2D eigenvalue weighted by molar-refractivity contribution is 9.09. The first-order chi connectivity index (χ1) is 8.04. The van der Waals surface area contributed by atoms with E-state index in [1.165, 1.54) is 0 Å². The van der Waals surface area contributed by atoms with Crippen molar-refractivity contribution >= 4 is 21.8 Å². The predicted octanol–water partition coefficient (Wildman–Crippen LogP) is 3.26. The van der Waals surface area contributed by atoms with Gasteiger partial charge in [-0.15, -0.1) is 0 Å². The maximum Gasteiger partial charge on any atom is 0.254 e. The van der Waals surface area contributed by atoms with Crippen LogP contribution in [0.25, 0.3) is 0 Å². The molecule has 1 unspecified atom stereocenters. The van der Waals surface area contributed by atoms with Gasteiger partial charge in [-0.05, 0) is 25.0 Å². The van der Waals surface area contributed by atoms with E-state index in [9.17, 15) is 13.6 Å². The van der Waals surface area contributed by atoms with Crippen LogP contribution in [0.1, 0.15) is 30.1 Å². The molecule has 0 saturated carbocycles. The van der Waals surface area contributed by atoms with Crippen molar-refractivity contribution in [1.82, 2.24) is 5.32 Å². The standard InChI is InChI=1S/C12H14BrF2NO/c1-2-8(13)5-6-16-12(17)10-4-3-9(14)7-11(10)15/h3-4,7-8H,2,5-6H2,1H3,(H,16,17). The van der Waals surface area contributed by atoms with Gasteiger partial charge in [-0.1, -0.05) is 22.9 Å². The average molecular weight is 306 g/mol. The summed E-state index contributed by atoms with van der Waals surface area (Å²) in [6.07, 6.45) is 1.73. The largest absolute Gasteiger partial charge is 0.352 e. The minimum Gasteiger partial charge on any atom is -0.352 e. The quantitative estimate of drug-likeness (QED) is 0.831. The van der Waals surface area contributed by atoms with Gasteiger partial charge in [0.15, 0.2) is 0 Å². The SMILES string of the molecule is CCC(Br)CCNC(=O)c1ccc(F)cc1F. The van der Waals surface area contributed by atoms with E-state index in [-0.39, 0.29) is 5.56 Å². The number of hydrogen-bond acceptors (Lipinski definition) is 1. The smallest absolute Gasteiger partial charge is 0.254 e. The maximum absolute atomic E-state index is 13.2. The third-order valence-electron chi connectivity index (χ3n) is 2.36. The fourth-order valence-electron chi connectivity index (χ4n) is 1.32. The fourth-order valence-corrected chi connectivity index (χ4v) is 1.54. The van der Waals surface area contributed by atoms with Crippen molar-refractivity contribution in [2.75, 3.05) is 6.54 Å². The average Bonchev–Trinajstić information content (AvgIpc) is 2.28. The van der Waals surface area contributed by atoms with Crippen LogP contribution in [0.4, 0.5) is 8.78 Å². The maximum atomic E-state index is 13.2. The molecule has 1 aromatic rings. The van der Waals surface area contributed by atoms with E-state index in [1.807, 2.05) is 6.92 Å². The van der Waals surface area contributed by atoms with E-state index in [0.717, 1.165) is 25.0 Å². The van der Waals surface area contributed by atoms with Crippen LogP contribution in [0.5, 0.6) is 0 Å². The van der Waals surface area contributed by atoms with Crippen LogP contribution < -0.4 is 5.32 Å². The Morgan fingerprint density at radius 1 is 1.47 bits per heavy atom. The summed E-state index contributed by atoms with van der Waals surface area (Å²) >= 11 is 3.43. The highest BCUT2D eigenvalue weighted by Gasteiger charge is 2.12. The molecule has 5 heteroatoms. The minimum absolute atomic E-state index is 0.131. The second-order valence-electron chi connectivity index (χ2n) is 3.67. The van der Waals surface area contributed by atoms with Crippen molar-refractivity contribution < 1.29 is 13.6 Å². The Morgan fingerprint density at radius 2 is 2.18 bits per heavy atom. The molecule has 0 aromatic heterocycles. The molecular weight excluding hydrogens is 292 g/mol. The molecule has 1 amide bonds. The van der Waals surface area contributed by atoms with Gasteiger partial charge >= 0.3 is 0 Å². The van der Waals surface area contributed by atoms with Crippen LogP contribution in [0, 0.1) is 11.6 Å². The van der Waals surface area contributed by atoms with Crippen molar-refractivity contribution in [3.8, 4) is 0 Å². The molecule has 1 aromatic carbocycles. The van der Waals surface area contributed by atoms with Crippen molar-refractivity contribution in [1.29, 1.82) is 0 Å². The Hall–Kier alpha value is -0.970. The molecule has 94 valence electrons. The first-order valence-corrected chi connectivity index (χ1v) is 6.33. The molecule has 1 atom stereocenters. The molecule has 17 heavy (non-hydrogen) atoms. The number of benzene rings is 1. The van der Waals surface area contributed by atoms with Crippen LogP contribution in [0.15, 0.2) is 18.2 Å². The summed E-state index contributed by atoms with van der Waals surface area (Å²) in [5.74, 6) is -2.04. The number of carbonyl (C=O) groups excluding carboxylic acids is 1. The molecule has 0 aliphatic carbocycles. The lowest BCUT2D eigenvalue weighted by molar-refractivity contribution is 0.0949. The van der Waals surface area contributed by atoms with E-state index in [0.29, 0.717) is 17.4 Å². The van der Waals surface area contributed by atoms with Crippen molar-refractivity contribution in [3.05, 3.63) is 35.4 Å². The lowest BCUT2D eigenvalue weighted by Crippen LogP contribution is -2.26. The second kappa shape index (κ2) is 6.69. The van der Waals surface area contributed by atoms with E-state index in [2.05, 4.69) is 21.2 Å². The number of rotatable bonds is 5. The first kappa shape index (κ1) is 14.1. The summed E-state index contributed by atoms with van der Waals surface area (Å²) < 4.78 is 25.9. The molecule has 0 fully saturated rings. The summed E-state index contributed by atoms with van der Waals surface area (Å²) in [5.41, 5.74) is -0.131. The number of halogens is 3. The predicted molar refractivity (Wildman–Crippen MR) is 66.3 cm³/mol. The van der Waals surface area contributed by atoms with E-state index < -0.39 is 17.5 Å². The Kier molecular flexibility index (Phi) is 5.55. The zero-order chi connectivity index (χ0) is 12.8. The molecule has 0 spiro atoms. The van der Waals surface area contributed by atoms with Crippen LogP contribution in [0.2, 0.25) is 0 Å². The van der Waals surface area contributed by atoms with Gasteiger partial charge in [0.05, 0.1) is 5.56 Å². The Bertz CT molecular complexity index is 398. The number of nitrogens with one attached hydrogen (secondary N) is 1. The van der Waals surface area contributed by atoms with Gasteiger partial charge in [0.25, 0.3) is 5.91 Å². The summed E-state index contributed by atoms with van der Waals surface area (Å²) in [5, 5.41) is 2.59. The van der Waals surface area contributed by atoms with Gasteiger partial charge in [-0.2, -0.15) is 0 Å². The van der Waals surface area contributed by atoms with Crippen molar-refractivity contribution in [2.24, 2.45) is 0 Å². The molecule has 0 radical (unpaired) electrons. The first-order valence-electron chi connectivity index (χ1n) is 5.42. The molecule has 1 rings (SSSR count). The Labute approximate surface area is 108 Å². The van der Waals surface area contributed by atoms with Gasteiger partial charge in [0.2, 0.25) is 0 Å². The highest BCUT2D eigenvalue weighted by Crippen LogP contribution is 2.10. The van der Waals surface area contributed by atoms with Crippen LogP contribution >= 0.6 is 15.9 Å². The third-order valence-corrected chi connectivity index (χ3v) is 3.47. The topological polar surface area (TPSA) is 29.1 Å². The minimum atomic E-state index is -0.839. The number of carbonyl (C=O) groups is 1. The normalized spacial score (nSPS) is 12.2. The summed E-state index contributed by atoms with van der Waals surface area (Å²) in [7, 11) is 0. The summed E-state index contributed by atoms with van der Waals surface area (Å²) in [4.78, 5) is 11.9. The molecule has 0 aliphatic heterocycles. The van der Waals surface area contributed by atoms with Crippen LogP contribution in [-0.4, -0.2) is 17.3 Å². The van der Waals surface area contributed by atoms with Gasteiger partial charge in [0, 0.05) is 17.4 Å². The molecule has 2 nitrogen and oxygen atoms in total. The zero-order valence-electron chi connectivity index (χ0n) is 9.47. The Morgan fingerprint density at radius 3 is 2.76 bits per heavy atom. The Balaban J connectivity index is 2.52. The lowest BCUT2D eigenvalue weighted by atomic mass is 10.2. The molecule has 0 saturated heterocycles. The molecule has 0 bridgehead atoms. The summed E-state index contributed by atoms with van der Waals surface area (Å²) in [6, 6.07) is 2.91. The van der Waals surface area contributed by atoms with Crippen molar-refractivity contribution in [2.45, 2.75) is 24.6 Å². The van der Waals surface area contributed by atoms with Gasteiger partial charge in [0.1, 0.15) is 11.6 Å². The molecular formula is C12H14BrF2NO. The van der Waals surface area contributed by atoms with E-state index in [1.54, 1.807) is 0 Å². The van der Waals surface area contributed by atoms with Crippen LogP contribution in [0.3, 0.4) is 0 Å². The third kappa shape index (κ3) is 4.42. The number of amides is 1. The highest BCUT2D eigenvalue weighted by atomic mass is 79.9. The second-order valence-corrected chi connectivity index (χ2v) is 4.97. The number of hydrogen-bond donors (Lipinski definition) is 1. The van der Waals surface area contributed by atoms with Gasteiger partial charge in [-0.3, -0.25) is 4.79 Å². The zero-order valence-corrected chi connectivity index (χ0v) is 11.1. The van der Waals surface area contributed by atoms with Gasteiger partial charge < -0.3 is 5.32 Å². The van der Waals surface area contributed by atoms with E-state index in [4.69, 9.17) is 0 Å². The molecule has 0 aliphatic rings. The fraction of sp³-hybridized carbons (Fsp3) is 0.417. The number of alkyl halides is 1. The summed E-state index contributed by atoms with van der Waals surface area (Å²) in [6.45, 7) is 2.49. The monoisotopic (exact) mass is 305 g/mol. The van der Waals surface area contributed by atoms with Gasteiger partial charge in [-0.25, -0.2) is 8.78 Å². The van der Waals surface area contributed by atoms with Crippen LogP contribution in [-0.2, 0) is 0 Å². The lowest BCUT2D eigenvalue weighted by Gasteiger charge is -2.08. The van der Waals surface area contributed by atoms with E-state index >= 15 is 0 Å². The molecule has 0 heterocycles. The molecule has 1 N–H and O–H groups in total. The van der Waals surface area contributed by atoms with Crippen molar-refractivity contribution in [3.63, 3.8) is 0 Å².